The number of hydrogen-bond donors (Lipinski definition) is 0. The van der Waals surface area contributed by atoms with Gasteiger partial charge in [-0.3, -0.25) is 9.97 Å². The van der Waals surface area contributed by atoms with Gasteiger partial charge in [0.05, 0.1) is 11.2 Å². The van der Waals surface area contributed by atoms with Gasteiger partial charge in [0.1, 0.15) is 0 Å². The molecule has 0 saturated heterocycles. The minimum atomic E-state index is -0.200. The van der Waals surface area contributed by atoms with E-state index in [0.29, 0.717) is 0 Å². The first-order chi connectivity index (χ1) is 23.1. The third-order valence-electron chi connectivity index (χ3n) is 9.79. The highest BCUT2D eigenvalue weighted by Gasteiger charge is 2.39. The Labute approximate surface area is 274 Å². The van der Waals surface area contributed by atoms with E-state index in [4.69, 9.17) is 4.98 Å². The van der Waals surface area contributed by atoms with E-state index in [1.807, 2.05) is 36.9 Å². The molecule has 0 radical (unpaired) electrons. The third-order valence-corrected chi connectivity index (χ3v) is 9.79. The lowest BCUT2D eigenvalue weighted by molar-refractivity contribution is 0.662. The van der Waals surface area contributed by atoms with E-state index in [0.717, 1.165) is 44.6 Å². The van der Waals surface area contributed by atoms with E-state index < -0.39 is 0 Å². The molecular formula is C44H31N3. The predicted octanol–water partition coefficient (Wildman–Crippen LogP) is 11.2. The van der Waals surface area contributed by atoms with Crippen molar-refractivity contribution in [2.24, 2.45) is 0 Å². The molecule has 9 rings (SSSR count). The van der Waals surface area contributed by atoms with Crippen LogP contribution in [0.3, 0.4) is 0 Å². The van der Waals surface area contributed by atoms with Crippen LogP contribution in [0.1, 0.15) is 25.0 Å². The lowest BCUT2D eigenvalue weighted by atomic mass is 9.78. The van der Waals surface area contributed by atoms with Crippen LogP contribution in [0.15, 0.2) is 152 Å². The van der Waals surface area contributed by atoms with E-state index in [9.17, 15) is 0 Å². The molecule has 0 amide bonds. The van der Waals surface area contributed by atoms with Gasteiger partial charge in [-0.1, -0.05) is 105 Å². The number of aromatic nitrogens is 3. The fourth-order valence-electron chi connectivity index (χ4n) is 7.52. The zero-order valence-corrected chi connectivity index (χ0v) is 26.3. The van der Waals surface area contributed by atoms with Crippen molar-refractivity contribution in [2.75, 3.05) is 0 Å². The molecule has 0 atom stereocenters. The predicted molar refractivity (Wildman–Crippen MR) is 194 cm³/mol. The van der Waals surface area contributed by atoms with Crippen LogP contribution in [0, 0.1) is 0 Å². The lowest BCUT2D eigenvalue weighted by Crippen LogP contribution is -2.16. The number of pyridine rings is 3. The van der Waals surface area contributed by atoms with Crippen molar-refractivity contribution in [3.05, 3.63) is 163 Å². The van der Waals surface area contributed by atoms with Gasteiger partial charge < -0.3 is 0 Å². The molecule has 222 valence electrons. The fraction of sp³-hybridized carbons (Fsp3) is 0.0682. The normalized spacial score (nSPS) is 13.1. The van der Waals surface area contributed by atoms with E-state index in [2.05, 4.69) is 139 Å². The van der Waals surface area contributed by atoms with Gasteiger partial charge in [0.2, 0.25) is 0 Å². The Kier molecular flexibility index (Phi) is 6.16. The van der Waals surface area contributed by atoms with Crippen LogP contribution in [-0.2, 0) is 5.41 Å². The van der Waals surface area contributed by atoms with E-state index in [1.165, 1.54) is 44.0 Å². The Morgan fingerprint density at radius 2 is 1.13 bits per heavy atom. The van der Waals surface area contributed by atoms with Gasteiger partial charge in [-0.05, 0) is 91.7 Å². The highest BCUT2D eigenvalue weighted by atomic mass is 14.7. The minimum Gasteiger partial charge on any atom is -0.264 e. The van der Waals surface area contributed by atoms with Gasteiger partial charge >= 0.3 is 0 Å². The molecule has 0 unspecified atom stereocenters. The van der Waals surface area contributed by atoms with Gasteiger partial charge in [0.25, 0.3) is 0 Å². The molecule has 8 aromatic rings. The number of rotatable bonds is 4. The maximum Gasteiger partial charge on any atom is 0.0759 e. The average molecular weight is 602 g/mol. The van der Waals surface area contributed by atoms with Crippen LogP contribution in [0.2, 0.25) is 0 Å². The van der Waals surface area contributed by atoms with E-state index in [1.54, 1.807) is 0 Å². The molecule has 47 heavy (non-hydrogen) atoms. The summed E-state index contributed by atoms with van der Waals surface area (Å²) in [6.45, 7) is 4.69. The van der Waals surface area contributed by atoms with Gasteiger partial charge in [-0.15, -0.1) is 0 Å². The van der Waals surface area contributed by atoms with Crippen LogP contribution in [0.5, 0.6) is 0 Å². The molecule has 0 bridgehead atoms. The van der Waals surface area contributed by atoms with Crippen molar-refractivity contribution in [3.63, 3.8) is 0 Å². The summed E-state index contributed by atoms with van der Waals surface area (Å²) in [5, 5.41) is 3.67. The fourth-order valence-corrected chi connectivity index (χ4v) is 7.52. The van der Waals surface area contributed by atoms with Crippen molar-refractivity contribution in [2.45, 2.75) is 19.3 Å². The Morgan fingerprint density at radius 1 is 0.511 bits per heavy atom. The summed E-state index contributed by atoms with van der Waals surface area (Å²) >= 11 is 0. The Morgan fingerprint density at radius 3 is 1.81 bits per heavy atom. The van der Waals surface area contributed by atoms with E-state index >= 15 is 0 Å². The molecule has 3 nitrogen and oxygen atoms in total. The van der Waals surface area contributed by atoms with Crippen molar-refractivity contribution in [1.29, 1.82) is 0 Å². The molecular weight excluding hydrogens is 571 g/mol. The second kappa shape index (κ2) is 10.6. The van der Waals surface area contributed by atoms with Crippen LogP contribution in [0.4, 0.5) is 0 Å². The Bertz CT molecular complexity index is 2410. The number of benzene rings is 5. The molecule has 1 aliphatic carbocycles. The van der Waals surface area contributed by atoms with Crippen LogP contribution < -0.4 is 0 Å². The van der Waals surface area contributed by atoms with Crippen molar-refractivity contribution in [3.8, 4) is 55.8 Å². The zero-order valence-electron chi connectivity index (χ0n) is 26.3. The molecule has 0 N–H and O–H groups in total. The molecule has 1 aliphatic rings. The standard InChI is InChI=1S/C44H31N3/c1-44(2)38-14-6-5-13-37(38)43-42(44)40(41-36-12-4-3-9-29(36)19-20-39(41)47-43)30-17-15-28(16-18-30)33-23-34(31-10-7-21-45-26-31)25-35(24-33)32-11-8-22-46-27-32/h3-27H,1-2H3. The molecule has 0 saturated carbocycles. The molecule has 0 fully saturated rings. The third kappa shape index (κ3) is 4.39. The van der Waals surface area contributed by atoms with Crippen LogP contribution in [0.25, 0.3) is 77.4 Å². The molecule has 5 aromatic carbocycles. The van der Waals surface area contributed by atoms with Crippen molar-refractivity contribution in [1.82, 2.24) is 15.0 Å². The second-order valence-corrected chi connectivity index (χ2v) is 12.9. The topological polar surface area (TPSA) is 38.7 Å². The summed E-state index contributed by atoms with van der Waals surface area (Å²) in [5.41, 5.74) is 15.0. The number of nitrogens with zero attached hydrogens (tertiary/aromatic N) is 3. The maximum absolute atomic E-state index is 5.36. The van der Waals surface area contributed by atoms with Crippen LogP contribution >= 0.6 is 0 Å². The van der Waals surface area contributed by atoms with E-state index in [-0.39, 0.29) is 5.41 Å². The number of fused-ring (bicyclic) bond motifs is 6. The van der Waals surface area contributed by atoms with Gasteiger partial charge in [0, 0.05) is 52.3 Å². The Balaban J connectivity index is 1.26. The van der Waals surface area contributed by atoms with Gasteiger partial charge in [-0.25, -0.2) is 4.98 Å². The van der Waals surface area contributed by atoms with Crippen molar-refractivity contribution < 1.29 is 0 Å². The monoisotopic (exact) mass is 601 g/mol. The SMILES string of the molecule is CC1(C)c2ccccc2-c2nc3ccc4ccccc4c3c(-c3ccc(-c4cc(-c5cccnc5)cc(-c5cccnc5)c4)cc3)c21. The maximum atomic E-state index is 5.36. The zero-order chi connectivity index (χ0) is 31.5. The highest BCUT2D eigenvalue weighted by Crippen LogP contribution is 2.54. The molecule has 3 heterocycles. The molecule has 3 aromatic heterocycles. The lowest BCUT2D eigenvalue weighted by Gasteiger charge is -2.25. The number of hydrogen-bond acceptors (Lipinski definition) is 3. The molecule has 3 heteroatoms. The smallest absolute Gasteiger partial charge is 0.0759 e. The first-order valence-electron chi connectivity index (χ1n) is 16.1. The Hall–Kier alpha value is -5.93. The summed E-state index contributed by atoms with van der Waals surface area (Å²) in [4.78, 5) is 14.2. The van der Waals surface area contributed by atoms with Crippen molar-refractivity contribution >= 4 is 21.7 Å². The van der Waals surface area contributed by atoms with Gasteiger partial charge in [0.15, 0.2) is 0 Å². The first-order valence-corrected chi connectivity index (χ1v) is 16.1. The highest BCUT2D eigenvalue weighted by molar-refractivity contribution is 6.15. The largest absolute Gasteiger partial charge is 0.264 e. The summed E-state index contributed by atoms with van der Waals surface area (Å²) in [6.07, 6.45) is 7.48. The second-order valence-electron chi connectivity index (χ2n) is 12.9. The minimum absolute atomic E-state index is 0.200. The van der Waals surface area contributed by atoms with Gasteiger partial charge in [-0.2, -0.15) is 0 Å². The summed E-state index contributed by atoms with van der Waals surface area (Å²) in [7, 11) is 0. The molecule has 0 aliphatic heterocycles. The molecule has 0 spiro atoms. The summed E-state index contributed by atoms with van der Waals surface area (Å²) < 4.78 is 0. The quantitative estimate of drug-likeness (QED) is 0.188. The summed E-state index contributed by atoms with van der Waals surface area (Å²) in [5.74, 6) is 0. The first kappa shape index (κ1) is 27.4. The average Bonchev–Trinajstić information content (AvgIpc) is 3.37. The van der Waals surface area contributed by atoms with Crippen LogP contribution in [-0.4, -0.2) is 15.0 Å². The summed E-state index contributed by atoms with van der Waals surface area (Å²) in [6, 6.07) is 45.9.